The number of amides is 1. The van der Waals surface area contributed by atoms with Crippen LogP contribution in [0.15, 0.2) is 12.1 Å². The summed E-state index contributed by atoms with van der Waals surface area (Å²) in [5, 5.41) is 9.82. The van der Waals surface area contributed by atoms with Crippen LogP contribution in [0.1, 0.15) is 75.0 Å². The summed E-state index contributed by atoms with van der Waals surface area (Å²) in [5.41, 5.74) is -0.591. The molecule has 1 aromatic rings. The third-order valence-corrected chi connectivity index (χ3v) is 8.67. The molecule has 0 N–H and O–H groups in total. The first-order valence-electron chi connectivity index (χ1n) is 12.4. The second-order valence-corrected chi connectivity index (χ2v) is 12.3. The van der Waals surface area contributed by atoms with Gasteiger partial charge in [-0.3, -0.25) is 9.69 Å². The average Bonchev–Trinajstić information content (AvgIpc) is 3.48. The van der Waals surface area contributed by atoms with Gasteiger partial charge in [0.15, 0.2) is 5.78 Å². The van der Waals surface area contributed by atoms with Crippen LogP contribution in [0.2, 0.25) is 0 Å². The largest absolute Gasteiger partial charge is 0.444 e. The molecule has 1 saturated carbocycles. The molecule has 2 aliphatic heterocycles. The SMILES string of the molecule is CN1CCC(c2ccc(C[C@@H](C#N)CC(=O)[C@@H]3[C@H]4CC[C@H](C4)N3C(=O)OC(C)(C)C)s2)CC1. The van der Waals surface area contributed by atoms with Gasteiger partial charge in [0.25, 0.3) is 0 Å². The highest BCUT2D eigenvalue weighted by molar-refractivity contribution is 7.12. The molecule has 6 nitrogen and oxygen atoms in total. The van der Waals surface area contributed by atoms with E-state index in [2.05, 4.69) is 30.1 Å². The molecule has 1 aliphatic carbocycles. The van der Waals surface area contributed by atoms with E-state index in [1.165, 1.54) is 22.6 Å². The van der Waals surface area contributed by atoms with Gasteiger partial charge in [-0.1, -0.05) is 0 Å². The van der Waals surface area contributed by atoms with Crippen LogP contribution in [0.5, 0.6) is 0 Å². The van der Waals surface area contributed by atoms with Crippen molar-refractivity contribution < 1.29 is 14.3 Å². The van der Waals surface area contributed by atoms with E-state index in [0.717, 1.165) is 32.4 Å². The highest BCUT2D eigenvalue weighted by Gasteiger charge is 2.52. The monoisotopic (exact) mass is 471 g/mol. The van der Waals surface area contributed by atoms with Crippen molar-refractivity contribution in [3.63, 3.8) is 0 Å². The van der Waals surface area contributed by atoms with Crippen molar-refractivity contribution in [1.29, 1.82) is 5.26 Å². The molecule has 0 radical (unpaired) electrons. The van der Waals surface area contributed by atoms with Gasteiger partial charge in [-0.2, -0.15) is 5.26 Å². The van der Waals surface area contributed by atoms with E-state index in [1.54, 1.807) is 16.2 Å². The summed E-state index contributed by atoms with van der Waals surface area (Å²) in [6.07, 6.45) is 5.56. The maximum Gasteiger partial charge on any atom is 0.411 e. The number of thiophene rings is 1. The van der Waals surface area contributed by atoms with Crippen LogP contribution in [0.4, 0.5) is 4.79 Å². The van der Waals surface area contributed by atoms with Crippen LogP contribution in [0.25, 0.3) is 0 Å². The second-order valence-electron chi connectivity index (χ2n) is 11.1. The van der Waals surface area contributed by atoms with Gasteiger partial charge in [0.2, 0.25) is 0 Å². The molecule has 1 aromatic heterocycles. The lowest BCUT2D eigenvalue weighted by molar-refractivity contribution is -0.126. The third-order valence-electron chi connectivity index (χ3n) is 7.40. The van der Waals surface area contributed by atoms with E-state index in [1.807, 2.05) is 20.8 Å². The quantitative estimate of drug-likeness (QED) is 0.585. The summed E-state index contributed by atoms with van der Waals surface area (Å²) >= 11 is 1.80. The Kier molecular flexibility index (Phi) is 7.16. The summed E-state index contributed by atoms with van der Waals surface area (Å²) in [5.74, 6) is 0.471. The van der Waals surface area contributed by atoms with Crippen molar-refractivity contribution in [2.75, 3.05) is 20.1 Å². The molecule has 3 fully saturated rings. The Morgan fingerprint density at radius 2 is 1.94 bits per heavy atom. The Morgan fingerprint density at radius 1 is 1.21 bits per heavy atom. The molecule has 1 amide bonds. The highest BCUT2D eigenvalue weighted by Crippen LogP contribution is 2.44. The predicted molar refractivity (Wildman–Crippen MR) is 129 cm³/mol. The molecule has 0 spiro atoms. The van der Waals surface area contributed by atoms with Gasteiger partial charge < -0.3 is 9.64 Å². The van der Waals surface area contributed by atoms with Gasteiger partial charge in [-0.25, -0.2) is 4.79 Å². The third kappa shape index (κ3) is 5.60. The second kappa shape index (κ2) is 9.76. The number of hydrogen-bond acceptors (Lipinski definition) is 6. The molecule has 2 saturated heterocycles. The Hall–Kier alpha value is -1.91. The number of rotatable bonds is 6. The zero-order valence-corrected chi connectivity index (χ0v) is 21.2. The molecule has 7 heteroatoms. The molecule has 3 aliphatic rings. The van der Waals surface area contributed by atoms with E-state index in [0.29, 0.717) is 12.3 Å². The van der Waals surface area contributed by atoms with E-state index < -0.39 is 11.6 Å². The van der Waals surface area contributed by atoms with Crippen molar-refractivity contribution >= 4 is 23.2 Å². The number of fused-ring (bicyclic) bond motifs is 2. The Bertz CT molecular complexity index is 907. The first-order chi connectivity index (χ1) is 15.6. The number of carbonyl (C=O) groups excluding carboxylic acids is 2. The summed E-state index contributed by atoms with van der Waals surface area (Å²) in [4.78, 5) is 32.9. The number of likely N-dealkylation sites (tertiary alicyclic amines) is 2. The van der Waals surface area contributed by atoms with Crippen LogP contribution < -0.4 is 0 Å². The van der Waals surface area contributed by atoms with Gasteiger partial charge in [0, 0.05) is 22.2 Å². The fourth-order valence-electron chi connectivity index (χ4n) is 5.77. The fraction of sp³-hybridized carbons (Fsp3) is 0.731. The highest BCUT2D eigenvalue weighted by atomic mass is 32.1. The first-order valence-corrected chi connectivity index (χ1v) is 13.2. The molecule has 0 aromatic carbocycles. The molecular weight excluding hydrogens is 434 g/mol. The number of ether oxygens (including phenoxy) is 1. The van der Waals surface area contributed by atoms with Gasteiger partial charge in [0.1, 0.15) is 5.60 Å². The molecule has 33 heavy (non-hydrogen) atoms. The van der Waals surface area contributed by atoms with Crippen molar-refractivity contribution in [3.05, 3.63) is 21.9 Å². The van der Waals surface area contributed by atoms with Crippen LogP contribution in [-0.2, 0) is 16.0 Å². The topological polar surface area (TPSA) is 73.6 Å². The zero-order valence-electron chi connectivity index (χ0n) is 20.4. The summed E-state index contributed by atoms with van der Waals surface area (Å²) in [6, 6.07) is 6.38. The summed E-state index contributed by atoms with van der Waals surface area (Å²) < 4.78 is 5.62. The molecular formula is C26H37N3O3S. The number of nitrogens with zero attached hydrogens (tertiary/aromatic N) is 3. The molecule has 180 valence electrons. The van der Waals surface area contributed by atoms with Crippen LogP contribution in [0.3, 0.4) is 0 Å². The maximum absolute atomic E-state index is 13.4. The van der Waals surface area contributed by atoms with Crippen LogP contribution in [0, 0.1) is 23.2 Å². The lowest BCUT2D eigenvalue weighted by Gasteiger charge is -2.35. The minimum atomic E-state index is -0.591. The molecule has 2 bridgehead atoms. The summed E-state index contributed by atoms with van der Waals surface area (Å²) in [6.45, 7) is 7.81. The van der Waals surface area contributed by atoms with Crippen molar-refractivity contribution in [2.24, 2.45) is 11.8 Å². The van der Waals surface area contributed by atoms with Gasteiger partial charge in [0.05, 0.1) is 18.0 Å². The fourth-order valence-corrected chi connectivity index (χ4v) is 7.03. The number of nitriles is 1. The van der Waals surface area contributed by atoms with E-state index >= 15 is 0 Å². The normalized spacial score (nSPS) is 26.9. The molecule has 3 heterocycles. The van der Waals surface area contributed by atoms with Crippen molar-refractivity contribution in [3.8, 4) is 6.07 Å². The van der Waals surface area contributed by atoms with E-state index in [-0.39, 0.29) is 36.2 Å². The summed E-state index contributed by atoms with van der Waals surface area (Å²) in [7, 11) is 2.17. The zero-order chi connectivity index (χ0) is 23.8. The Morgan fingerprint density at radius 3 is 2.61 bits per heavy atom. The Balaban J connectivity index is 1.38. The predicted octanol–water partition coefficient (Wildman–Crippen LogP) is 4.99. The number of Topliss-reactive ketones (excluding diaryl/α,β-unsaturated/α-hetero) is 1. The lowest BCUT2D eigenvalue weighted by Crippen LogP contribution is -2.51. The minimum absolute atomic E-state index is 0.0201. The van der Waals surface area contributed by atoms with Gasteiger partial charge in [-0.05, 0) is 103 Å². The van der Waals surface area contributed by atoms with Gasteiger partial charge >= 0.3 is 6.09 Å². The molecule has 4 atom stereocenters. The van der Waals surface area contributed by atoms with Crippen LogP contribution >= 0.6 is 11.3 Å². The minimum Gasteiger partial charge on any atom is -0.444 e. The number of ketones is 1. The van der Waals surface area contributed by atoms with Gasteiger partial charge in [-0.15, -0.1) is 11.3 Å². The smallest absolute Gasteiger partial charge is 0.411 e. The Labute approximate surface area is 201 Å². The maximum atomic E-state index is 13.4. The van der Waals surface area contributed by atoms with Crippen molar-refractivity contribution in [2.45, 2.75) is 89.3 Å². The standard InChI is InChI=1S/C26H37N3O3S/c1-26(2,3)32-25(31)29-20-6-5-19(15-20)24(29)22(30)14-17(16-27)13-21-7-8-23(33-21)18-9-11-28(4)12-10-18/h7-8,17-20,24H,5-6,9-15H2,1-4H3/t17-,19+,20-,24+/m1/s1. The van der Waals surface area contributed by atoms with Crippen LogP contribution in [-0.4, -0.2) is 59.5 Å². The van der Waals surface area contributed by atoms with E-state index in [4.69, 9.17) is 4.74 Å². The van der Waals surface area contributed by atoms with Crippen molar-refractivity contribution in [1.82, 2.24) is 9.80 Å². The lowest BCUT2D eigenvalue weighted by atomic mass is 9.89. The number of piperidine rings is 2. The molecule has 0 unspecified atom stereocenters. The first kappa shape index (κ1) is 24.2. The molecule has 4 rings (SSSR count). The number of carbonyl (C=O) groups is 2. The number of hydrogen-bond donors (Lipinski definition) is 0. The van der Waals surface area contributed by atoms with E-state index in [9.17, 15) is 14.9 Å². The average molecular weight is 472 g/mol.